The van der Waals surface area contributed by atoms with Crippen molar-refractivity contribution in [3.63, 3.8) is 0 Å². The Kier molecular flexibility index (Phi) is 7.13. The first-order valence-electron chi connectivity index (χ1n) is 17.0. The van der Waals surface area contributed by atoms with Gasteiger partial charge in [0.05, 0.1) is 16.7 Å². The molecule has 9 rings (SSSR count). The lowest BCUT2D eigenvalue weighted by molar-refractivity contribution is 0.909. The van der Waals surface area contributed by atoms with Crippen LogP contribution >= 0.6 is 0 Å². The Hall–Kier alpha value is -6.25. The summed E-state index contributed by atoms with van der Waals surface area (Å²) in [5.74, 6) is 1.07. The molecular formula is C47H34N2. The van der Waals surface area contributed by atoms with E-state index in [0.29, 0.717) is 0 Å². The number of aromatic nitrogens is 2. The molecule has 0 saturated carbocycles. The zero-order valence-electron chi connectivity index (χ0n) is 27.3. The lowest BCUT2D eigenvalue weighted by atomic mass is 9.85. The molecule has 0 fully saturated rings. The molecule has 232 valence electrons. The van der Waals surface area contributed by atoms with E-state index in [9.17, 15) is 0 Å². The molecule has 0 aliphatic rings. The Morgan fingerprint density at radius 2 is 0.959 bits per heavy atom. The molecule has 0 spiro atoms. The van der Waals surface area contributed by atoms with Crippen molar-refractivity contribution < 1.29 is 0 Å². The van der Waals surface area contributed by atoms with Gasteiger partial charge in [-0.05, 0) is 84.8 Å². The molecule has 0 radical (unpaired) electrons. The van der Waals surface area contributed by atoms with E-state index >= 15 is 0 Å². The minimum Gasteiger partial charge on any atom is -0.296 e. The lowest BCUT2D eigenvalue weighted by Crippen LogP contribution is -2.02. The highest BCUT2D eigenvalue weighted by Gasteiger charge is 2.18. The first kappa shape index (κ1) is 28.9. The Morgan fingerprint density at radius 1 is 0.429 bits per heavy atom. The molecule has 0 unspecified atom stereocenters. The maximum absolute atomic E-state index is 4.96. The molecule has 49 heavy (non-hydrogen) atoms. The SMILES string of the molecule is CCc1nc2ccccc2n1-c1ccccc1-c1ccc(-c2ccc3c(-c4ccccc4)c4ccccc4c(-c4ccccc4)c3c2)cc1. The number of hydrogen-bond donors (Lipinski definition) is 0. The van der Waals surface area contributed by atoms with Gasteiger partial charge in [-0.3, -0.25) is 4.57 Å². The van der Waals surface area contributed by atoms with Crippen LogP contribution in [0.5, 0.6) is 0 Å². The van der Waals surface area contributed by atoms with Gasteiger partial charge in [0, 0.05) is 12.0 Å². The van der Waals surface area contributed by atoms with Crippen molar-refractivity contribution in [3.8, 4) is 50.2 Å². The van der Waals surface area contributed by atoms with Crippen molar-refractivity contribution in [3.05, 3.63) is 182 Å². The van der Waals surface area contributed by atoms with Crippen LogP contribution in [0, 0.1) is 0 Å². The van der Waals surface area contributed by atoms with Crippen molar-refractivity contribution in [1.82, 2.24) is 9.55 Å². The van der Waals surface area contributed by atoms with Crippen molar-refractivity contribution in [2.75, 3.05) is 0 Å². The van der Waals surface area contributed by atoms with Gasteiger partial charge in [-0.15, -0.1) is 0 Å². The highest BCUT2D eigenvalue weighted by molar-refractivity contribution is 6.22. The highest BCUT2D eigenvalue weighted by Crippen LogP contribution is 2.45. The van der Waals surface area contributed by atoms with Gasteiger partial charge in [0.15, 0.2) is 0 Å². The number of imidazole rings is 1. The van der Waals surface area contributed by atoms with E-state index in [1.165, 1.54) is 66.1 Å². The summed E-state index contributed by atoms with van der Waals surface area (Å²) in [6, 6.07) is 63.6. The van der Waals surface area contributed by atoms with Crippen molar-refractivity contribution in [2.45, 2.75) is 13.3 Å². The van der Waals surface area contributed by atoms with Crippen LogP contribution in [0.4, 0.5) is 0 Å². The predicted octanol–water partition coefficient (Wildman–Crippen LogP) is 12.6. The van der Waals surface area contributed by atoms with Gasteiger partial charge in [0.25, 0.3) is 0 Å². The molecule has 0 atom stereocenters. The molecule has 1 heterocycles. The second-order valence-electron chi connectivity index (χ2n) is 12.6. The van der Waals surface area contributed by atoms with E-state index in [4.69, 9.17) is 4.98 Å². The maximum Gasteiger partial charge on any atom is 0.114 e. The number of aryl methyl sites for hydroxylation is 1. The number of benzene rings is 8. The number of fused-ring (bicyclic) bond motifs is 3. The van der Waals surface area contributed by atoms with Crippen LogP contribution < -0.4 is 0 Å². The van der Waals surface area contributed by atoms with Crippen LogP contribution in [0.2, 0.25) is 0 Å². The fourth-order valence-electron chi connectivity index (χ4n) is 7.53. The summed E-state index contributed by atoms with van der Waals surface area (Å²) in [6.45, 7) is 2.17. The molecule has 2 heteroatoms. The molecule has 8 aromatic carbocycles. The number of rotatable bonds is 6. The van der Waals surface area contributed by atoms with Gasteiger partial charge in [-0.2, -0.15) is 0 Å². The average molecular weight is 627 g/mol. The zero-order chi connectivity index (χ0) is 32.7. The molecule has 2 nitrogen and oxygen atoms in total. The van der Waals surface area contributed by atoms with E-state index in [1.54, 1.807) is 0 Å². The number of hydrogen-bond acceptors (Lipinski definition) is 1. The highest BCUT2D eigenvalue weighted by atomic mass is 15.1. The Bertz CT molecular complexity index is 2610. The van der Waals surface area contributed by atoms with Gasteiger partial charge in [0.2, 0.25) is 0 Å². The van der Waals surface area contributed by atoms with Crippen LogP contribution in [0.3, 0.4) is 0 Å². The molecule has 0 saturated heterocycles. The topological polar surface area (TPSA) is 17.8 Å². The van der Waals surface area contributed by atoms with Gasteiger partial charge in [-0.1, -0.05) is 159 Å². The van der Waals surface area contributed by atoms with Gasteiger partial charge < -0.3 is 0 Å². The third kappa shape index (κ3) is 4.92. The van der Waals surface area contributed by atoms with Crippen LogP contribution in [0.15, 0.2) is 176 Å². The standard InChI is InChI=1S/C47H34N2/c1-2-45-48-42-22-12-14-24-44(42)49(45)43-23-13-11-19-37(43)33-27-25-32(26-28-33)36-29-30-40-41(31-36)47(35-17-7-4-8-18-35)39-21-10-9-20-38(39)46(40)34-15-5-3-6-16-34/h3-31H,2H2,1H3. The van der Waals surface area contributed by atoms with Gasteiger partial charge in [-0.25, -0.2) is 4.98 Å². The van der Waals surface area contributed by atoms with Crippen molar-refractivity contribution in [1.29, 1.82) is 0 Å². The van der Waals surface area contributed by atoms with E-state index in [2.05, 4.69) is 187 Å². The molecular weight excluding hydrogens is 593 g/mol. The first-order chi connectivity index (χ1) is 24.3. The van der Waals surface area contributed by atoms with Crippen LogP contribution in [0.1, 0.15) is 12.7 Å². The van der Waals surface area contributed by atoms with E-state index < -0.39 is 0 Å². The largest absolute Gasteiger partial charge is 0.296 e. The van der Waals surface area contributed by atoms with E-state index in [1.807, 2.05) is 0 Å². The minimum atomic E-state index is 0.857. The van der Waals surface area contributed by atoms with Crippen molar-refractivity contribution >= 4 is 32.6 Å². The Labute approximate surface area is 286 Å². The number of para-hydroxylation sites is 3. The molecule has 0 bridgehead atoms. The van der Waals surface area contributed by atoms with E-state index in [0.717, 1.165) is 29.0 Å². The van der Waals surface area contributed by atoms with Crippen molar-refractivity contribution in [2.24, 2.45) is 0 Å². The summed E-state index contributed by atoms with van der Waals surface area (Å²) in [5.41, 5.74) is 13.1. The summed E-state index contributed by atoms with van der Waals surface area (Å²) >= 11 is 0. The van der Waals surface area contributed by atoms with Crippen LogP contribution in [-0.4, -0.2) is 9.55 Å². The third-order valence-corrected chi connectivity index (χ3v) is 9.77. The van der Waals surface area contributed by atoms with Crippen LogP contribution in [0.25, 0.3) is 82.8 Å². The summed E-state index contributed by atoms with van der Waals surface area (Å²) < 4.78 is 2.32. The summed E-state index contributed by atoms with van der Waals surface area (Å²) in [7, 11) is 0. The quantitative estimate of drug-likeness (QED) is 0.168. The molecule has 9 aromatic rings. The first-order valence-corrected chi connectivity index (χ1v) is 17.0. The van der Waals surface area contributed by atoms with E-state index in [-0.39, 0.29) is 0 Å². The maximum atomic E-state index is 4.96. The lowest BCUT2D eigenvalue weighted by Gasteiger charge is -2.19. The zero-order valence-corrected chi connectivity index (χ0v) is 27.3. The Morgan fingerprint density at radius 3 is 1.65 bits per heavy atom. The summed E-state index contributed by atoms with van der Waals surface area (Å²) in [5, 5.41) is 5.06. The Balaban J connectivity index is 1.21. The number of nitrogens with zero attached hydrogens (tertiary/aromatic N) is 2. The average Bonchev–Trinajstić information content (AvgIpc) is 3.56. The third-order valence-electron chi connectivity index (χ3n) is 9.77. The summed E-state index contributed by atoms with van der Waals surface area (Å²) in [6.07, 6.45) is 0.857. The molecule has 0 aliphatic carbocycles. The van der Waals surface area contributed by atoms with Gasteiger partial charge >= 0.3 is 0 Å². The smallest absolute Gasteiger partial charge is 0.114 e. The predicted molar refractivity (Wildman–Crippen MR) is 207 cm³/mol. The second kappa shape index (κ2) is 12.1. The molecule has 0 amide bonds. The fourth-order valence-corrected chi connectivity index (χ4v) is 7.53. The van der Waals surface area contributed by atoms with Gasteiger partial charge in [0.1, 0.15) is 5.82 Å². The second-order valence-corrected chi connectivity index (χ2v) is 12.6. The minimum absolute atomic E-state index is 0.857. The molecule has 0 N–H and O–H groups in total. The fraction of sp³-hybridized carbons (Fsp3) is 0.0426. The van der Waals surface area contributed by atoms with Crippen LogP contribution in [-0.2, 0) is 6.42 Å². The summed E-state index contributed by atoms with van der Waals surface area (Å²) in [4.78, 5) is 4.96. The monoisotopic (exact) mass is 626 g/mol. The normalized spacial score (nSPS) is 11.4. The molecule has 1 aromatic heterocycles. The molecule has 0 aliphatic heterocycles.